The molecule has 6 heteroatoms. The number of halogens is 1. The number of benzene rings is 1. The van der Waals surface area contributed by atoms with Gasteiger partial charge in [-0.15, -0.1) is 0 Å². The van der Waals surface area contributed by atoms with Crippen LogP contribution >= 0.6 is 11.6 Å². The average molecular weight is 303 g/mol. The van der Waals surface area contributed by atoms with Gasteiger partial charge in [0.05, 0.1) is 4.90 Å². The first-order valence-corrected chi connectivity index (χ1v) is 8.35. The highest BCUT2D eigenvalue weighted by Crippen LogP contribution is 2.23. The molecule has 1 unspecified atom stereocenters. The van der Waals surface area contributed by atoms with Crippen LogP contribution in [0.25, 0.3) is 0 Å². The van der Waals surface area contributed by atoms with E-state index in [0.29, 0.717) is 11.6 Å². The molecule has 19 heavy (non-hydrogen) atoms. The lowest BCUT2D eigenvalue weighted by atomic mass is 10.2. The molecule has 0 spiro atoms. The average Bonchev–Trinajstić information content (AvgIpc) is 2.89. The molecule has 1 aliphatic rings. The van der Waals surface area contributed by atoms with E-state index in [4.69, 9.17) is 11.6 Å². The monoisotopic (exact) mass is 302 g/mol. The molecule has 0 aromatic heterocycles. The maximum absolute atomic E-state index is 12.7. The molecule has 1 saturated heterocycles. The molecule has 0 amide bonds. The molecule has 106 valence electrons. The van der Waals surface area contributed by atoms with Crippen molar-refractivity contribution in [2.24, 2.45) is 0 Å². The first-order valence-electron chi connectivity index (χ1n) is 6.54. The lowest BCUT2D eigenvalue weighted by Gasteiger charge is -2.27. The zero-order chi connectivity index (χ0) is 13.9. The van der Waals surface area contributed by atoms with Crippen LogP contribution in [0.3, 0.4) is 0 Å². The van der Waals surface area contributed by atoms with Crippen molar-refractivity contribution in [3.05, 3.63) is 29.3 Å². The van der Waals surface area contributed by atoms with E-state index in [9.17, 15) is 8.42 Å². The van der Waals surface area contributed by atoms with Gasteiger partial charge in [-0.1, -0.05) is 24.6 Å². The van der Waals surface area contributed by atoms with Crippen molar-refractivity contribution in [1.29, 1.82) is 0 Å². The quantitative estimate of drug-likeness (QED) is 0.906. The van der Waals surface area contributed by atoms with Crippen LogP contribution in [-0.2, 0) is 10.0 Å². The van der Waals surface area contributed by atoms with Gasteiger partial charge in [0, 0.05) is 24.2 Å². The summed E-state index contributed by atoms with van der Waals surface area (Å²) in [6.07, 6.45) is 1.66. The van der Waals surface area contributed by atoms with Crippen molar-refractivity contribution in [3.8, 4) is 0 Å². The highest BCUT2D eigenvalue weighted by molar-refractivity contribution is 7.89. The Morgan fingerprint density at radius 3 is 2.84 bits per heavy atom. The Labute approximate surface area is 119 Å². The van der Waals surface area contributed by atoms with Gasteiger partial charge < -0.3 is 5.32 Å². The van der Waals surface area contributed by atoms with Gasteiger partial charge in [-0.25, -0.2) is 8.42 Å². The Balaban J connectivity index is 2.33. The highest BCUT2D eigenvalue weighted by Gasteiger charge is 2.32. The largest absolute Gasteiger partial charge is 0.315 e. The summed E-state index contributed by atoms with van der Waals surface area (Å²) in [6, 6.07) is 6.52. The fraction of sp³-hybridized carbons (Fsp3) is 0.538. The number of rotatable bonds is 5. The van der Waals surface area contributed by atoms with Gasteiger partial charge in [0.25, 0.3) is 0 Å². The zero-order valence-electron chi connectivity index (χ0n) is 11.0. The number of hydrogen-bond acceptors (Lipinski definition) is 3. The lowest BCUT2D eigenvalue weighted by Crippen LogP contribution is -2.41. The molecular weight excluding hydrogens is 284 g/mol. The normalized spacial score (nSPS) is 20.1. The third kappa shape index (κ3) is 3.28. The van der Waals surface area contributed by atoms with E-state index in [1.165, 1.54) is 6.07 Å². The van der Waals surface area contributed by atoms with E-state index < -0.39 is 10.0 Å². The molecule has 0 bridgehead atoms. The summed E-state index contributed by atoms with van der Waals surface area (Å²) < 4.78 is 27.0. The lowest BCUT2D eigenvalue weighted by molar-refractivity contribution is 0.335. The third-order valence-electron chi connectivity index (χ3n) is 3.29. The van der Waals surface area contributed by atoms with Gasteiger partial charge in [-0.05, 0) is 37.6 Å². The van der Waals surface area contributed by atoms with E-state index >= 15 is 0 Å². The fourth-order valence-electron chi connectivity index (χ4n) is 2.37. The van der Waals surface area contributed by atoms with Crippen LogP contribution in [0.1, 0.15) is 19.8 Å². The Morgan fingerprint density at radius 1 is 1.47 bits per heavy atom. The van der Waals surface area contributed by atoms with E-state index in [1.807, 2.05) is 6.92 Å². The van der Waals surface area contributed by atoms with Crippen LogP contribution in [0.2, 0.25) is 5.02 Å². The molecule has 1 N–H and O–H groups in total. The number of hydrogen-bond donors (Lipinski definition) is 1. The first-order chi connectivity index (χ1) is 9.05. The Morgan fingerprint density at radius 2 is 2.26 bits per heavy atom. The number of nitrogens with one attached hydrogen (secondary N) is 1. The summed E-state index contributed by atoms with van der Waals surface area (Å²) in [4.78, 5) is 0.278. The summed E-state index contributed by atoms with van der Waals surface area (Å²) in [5.74, 6) is 0. The summed E-state index contributed by atoms with van der Waals surface area (Å²) in [5.41, 5.74) is 0. The first kappa shape index (κ1) is 14.8. The maximum Gasteiger partial charge on any atom is 0.243 e. The summed E-state index contributed by atoms with van der Waals surface area (Å²) in [5, 5.41) is 3.66. The zero-order valence-corrected chi connectivity index (χ0v) is 12.5. The molecule has 0 saturated carbocycles. The molecule has 1 fully saturated rings. The third-order valence-corrected chi connectivity index (χ3v) is 5.47. The molecule has 1 atom stereocenters. The summed E-state index contributed by atoms with van der Waals surface area (Å²) in [6.45, 7) is 4.12. The topological polar surface area (TPSA) is 49.4 Å². The molecule has 2 rings (SSSR count). The van der Waals surface area contributed by atoms with Crippen molar-refractivity contribution in [2.45, 2.75) is 30.7 Å². The van der Waals surface area contributed by atoms with Crippen LogP contribution in [-0.4, -0.2) is 38.4 Å². The van der Waals surface area contributed by atoms with E-state index in [1.54, 1.807) is 22.5 Å². The van der Waals surface area contributed by atoms with E-state index in [2.05, 4.69) is 5.32 Å². The molecule has 1 aromatic carbocycles. The van der Waals surface area contributed by atoms with E-state index in [0.717, 1.165) is 25.9 Å². The Kier molecular flexibility index (Phi) is 4.84. The SMILES string of the molecule is CCCN(C1CCNC1)S(=O)(=O)c1cccc(Cl)c1. The Hall–Kier alpha value is -0.620. The molecule has 1 aromatic rings. The molecule has 0 aliphatic carbocycles. The summed E-state index contributed by atoms with van der Waals surface area (Å²) >= 11 is 5.90. The van der Waals surface area contributed by atoms with Crippen molar-refractivity contribution >= 4 is 21.6 Å². The van der Waals surface area contributed by atoms with E-state index in [-0.39, 0.29) is 10.9 Å². The minimum Gasteiger partial charge on any atom is -0.315 e. The van der Waals surface area contributed by atoms with Gasteiger partial charge in [-0.2, -0.15) is 4.31 Å². The maximum atomic E-state index is 12.7. The minimum absolute atomic E-state index is 0.0453. The smallest absolute Gasteiger partial charge is 0.243 e. The molecule has 1 aliphatic heterocycles. The van der Waals surface area contributed by atoms with Crippen LogP contribution in [0.15, 0.2) is 29.2 Å². The van der Waals surface area contributed by atoms with Crippen molar-refractivity contribution in [2.75, 3.05) is 19.6 Å². The molecular formula is C13H19ClN2O2S. The second-order valence-corrected chi connectivity index (χ2v) is 7.05. The predicted molar refractivity (Wildman–Crippen MR) is 76.9 cm³/mol. The minimum atomic E-state index is -3.46. The van der Waals surface area contributed by atoms with Gasteiger partial charge in [0.15, 0.2) is 0 Å². The molecule has 1 heterocycles. The van der Waals surface area contributed by atoms with Crippen LogP contribution < -0.4 is 5.32 Å². The standard InChI is InChI=1S/C13H19ClN2O2S/c1-2-8-16(12-6-7-15-10-12)19(17,18)13-5-3-4-11(14)9-13/h3-5,9,12,15H,2,6-8,10H2,1H3. The van der Waals surface area contributed by atoms with Gasteiger partial charge >= 0.3 is 0 Å². The number of nitrogens with zero attached hydrogens (tertiary/aromatic N) is 1. The van der Waals surface area contributed by atoms with Crippen LogP contribution in [0.5, 0.6) is 0 Å². The molecule has 4 nitrogen and oxygen atoms in total. The van der Waals surface area contributed by atoms with Crippen LogP contribution in [0.4, 0.5) is 0 Å². The van der Waals surface area contributed by atoms with Crippen molar-refractivity contribution in [3.63, 3.8) is 0 Å². The van der Waals surface area contributed by atoms with Crippen LogP contribution in [0, 0.1) is 0 Å². The predicted octanol–water partition coefficient (Wildman–Crippen LogP) is 2.10. The van der Waals surface area contributed by atoms with Gasteiger partial charge in [0.2, 0.25) is 10.0 Å². The summed E-state index contributed by atoms with van der Waals surface area (Å²) in [7, 11) is -3.46. The second kappa shape index (κ2) is 6.22. The highest BCUT2D eigenvalue weighted by atomic mass is 35.5. The van der Waals surface area contributed by atoms with Crippen molar-refractivity contribution < 1.29 is 8.42 Å². The fourth-order valence-corrected chi connectivity index (χ4v) is 4.42. The second-order valence-electron chi connectivity index (χ2n) is 4.72. The van der Waals surface area contributed by atoms with Gasteiger partial charge in [0.1, 0.15) is 0 Å². The van der Waals surface area contributed by atoms with Gasteiger partial charge in [-0.3, -0.25) is 0 Å². The van der Waals surface area contributed by atoms with Crippen molar-refractivity contribution in [1.82, 2.24) is 9.62 Å². The Bertz CT molecular complexity index is 527. The number of sulfonamides is 1. The molecule has 0 radical (unpaired) electrons.